The van der Waals surface area contributed by atoms with E-state index >= 15 is 0 Å². The number of morpholine rings is 1. The van der Waals surface area contributed by atoms with Gasteiger partial charge in [-0.25, -0.2) is 8.42 Å². The van der Waals surface area contributed by atoms with Crippen LogP contribution in [0.2, 0.25) is 0 Å². The molecule has 11 heteroatoms. The Kier molecular flexibility index (Phi) is 5.27. The zero-order chi connectivity index (χ0) is 19.9. The Morgan fingerprint density at radius 1 is 1.29 bits per heavy atom. The first-order valence-corrected chi connectivity index (χ1v) is 11.8. The van der Waals surface area contributed by atoms with Crippen molar-refractivity contribution in [2.75, 3.05) is 26.3 Å². The maximum absolute atomic E-state index is 12.7. The molecule has 8 nitrogen and oxygen atoms in total. The minimum Gasteiger partial charge on any atom is -0.379 e. The monoisotopic (exact) mass is 440 g/mol. The molecule has 1 fully saturated rings. The molecular formula is C17H20N4O4S3. The van der Waals surface area contributed by atoms with Crippen molar-refractivity contribution >= 4 is 48.8 Å². The van der Waals surface area contributed by atoms with Crippen LogP contribution in [0.3, 0.4) is 0 Å². The third-order valence-electron chi connectivity index (χ3n) is 4.54. The summed E-state index contributed by atoms with van der Waals surface area (Å²) in [5, 5.41) is 8.19. The molecule has 0 atom stereocenters. The average molecular weight is 441 g/mol. The molecule has 1 aliphatic heterocycles. The van der Waals surface area contributed by atoms with Crippen molar-refractivity contribution in [3.63, 3.8) is 0 Å². The topological polar surface area (TPSA) is 93.5 Å². The summed E-state index contributed by atoms with van der Waals surface area (Å²) < 4.78 is 34.1. The van der Waals surface area contributed by atoms with Gasteiger partial charge in [0.25, 0.3) is 15.9 Å². The maximum Gasteiger partial charge on any atom is 0.261 e. The van der Waals surface area contributed by atoms with Gasteiger partial charge < -0.3 is 10.1 Å². The van der Waals surface area contributed by atoms with E-state index in [1.54, 1.807) is 16.8 Å². The Balaban J connectivity index is 1.43. The summed E-state index contributed by atoms with van der Waals surface area (Å²) in [7, 11) is -1.64. The molecule has 0 radical (unpaired) electrons. The molecule has 3 aromatic rings. The molecular weight excluding hydrogens is 420 g/mol. The van der Waals surface area contributed by atoms with Gasteiger partial charge in [-0.15, -0.1) is 22.7 Å². The number of amides is 1. The van der Waals surface area contributed by atoms with Crippen molar-refractivity contribution in [2.24, 2.45) is 7.05 Å². The summed E-state index contributed by atoms with van der Waals surface area (Å²) >= 11 is 2.58. The second-order valence-corrected chi connectivity index (χ2v) is 10.8. The van der Waals surface area contributed by atoms with Gasteiger partial charge in [-0.05, 0) is 25.1 Å². The van der Waals surface area contributed by atoms with Gasteiger partial charge >= 0.3 is 0 Å². The highest BCUT2D eigenvalue weighted by Crippen LogP contribution is 2.28. The van der Waals surface area contributed by atoms with Crippen LogP contribution in [0.1, 0.15) is 20.2 Å². The van der Waals surface area contributed by atoms with Gasteiger partial charge in [-0.2, -0.15) is 9.40 Å². The third kappa shape index (κ3) is 3.60. The van der Waals surface area contributed by atoms with Crippen molar-refractivity contribution in [1.29, 1.82) is 0 Å². The number of nitrogens with zero attached hydrogens (tertiary/aromatic N) is 3. The van der Waals surface area contributed by atoms with Crippen LogP contribution in [-0.4, -0.2) is 54.7 Å². The number of hydrogen-bond donors (Lipinski definition) is 1. The number of ether oxygens (including phenoxy) is 1. The van der Waals surface area contributed by atoms with Gasteiger partial charge in [0.2, 0.25) is 0 Å². The SMILES string of the molecule is Cc1nn(C)c2sc(C(=O)NCc3ccc(S(=O)(=O)N4CCOCC4)s3)cc12. The molecule has 0 aliphatic carbocycles. The number of sulfonamides is 1. The van der Waals surface area contributed by atoms with Crippen LogP contribution < -0.4 is 5.32 Å². The molecule has 4 rings (SSSR count). The molecule has 1 N–H and O–H groups in total. The van der Waals surface area contributed by atoms with Crippen LogP contribution in [0.15, 0.2) is 22.4 Å². The van der Waals surface area contributed by atoms with Crippen LogP contribution in [-0.2, 0) is 28.4 Å². The molecule has 0 bridgehead atoms. The number of hydrogen-bond acceptors (Lipinski definition) is 7. The zero-order valence-corrected chi connectivity index (χ0v) is 17.9. The number of carbonyl (C=O) groups is 1. The molecule has 1 saturated heterocycles. The van der Waals surface area contributed by atoms with Gasteiger partial charge in [-0.1, -0.05) is 0 Å². The molecule has 1 aliphatic rings. The van der Waals surface area contributed by atoms with Gasteiger partial charge in [0.05, 0.1) is 30.3 Å². The summed E-state index contributed by atoms with van der Waals surface area (Å²) in [6.45, 7) is 3.76. The van der Waals surface area contributed by atoms with Gasteiger partial charge in [-0.3, -0.25) is 9.48 Å². The minimum absolute atomic E-state index is 0.174. The van der Waals surface area contributed by atoms with E-state index in [4.69, 9.17) is 4.74 Å². The van der Waals surface area contributed by atoms with Gasteiger partial charge in [0, 0.05) is 30.4 Å². The second kappa shape index (κ2) is 7.56. The highest BCUT2D eigenvalue weighted by Gasteiger charge is 2.27. The quantitative estimate of drug-likeness (QED) is 0.655. The van der Waals surface area contributed by atoms with Crippen molar-refractivity contribution in [3.8, 4) is 0 Å². The number of rotatable bonds is 5. The van der Waals surface area contributed by atoms with Crippen LogP contribution in [0.25, 0.3) is 10.2 Å². The lowest BCUT2D eigenvalue weighted by atomic mass is 10.3. The lowest BCUT2D eigenvalue weighted by Crippen LogP contribution is -2.40. The molecule has 3 aromatic heterocycles. The first kappa shape index (κ1) is 19.5. The standard InChI is InChI=1S/C17H20N4O4S3/c1-11-13-9-14(27-17(13)20(2)19-11)16(22)18-10-12-3-4-15(26-12)28(23,24)21-5-7-25-8-6-21/h3-4,9H,5-8,10H2,1-2H3,(H,18,22). The smallest absolute Gasteiger partial charge is 0.261 e. The number of aromatic nitrogens is 2. The van der Waals surface area contributed by atoms with E-state index in [0.717, 1.165) is 20.8 Å². The first-order valence-electron chi connectivity index (χ1n) is 8.74. The predicted molar refractivity (Wildman–Crippen MR) is 108 cm³/mol. The fraction of sp³-hybridized carbons (Fsp3) is 0.412. The Hall–Kier alpha value is -1.79. The fourth-order valence-electron chi connectivity index (χ4n) is 3.08. The summed E-state index contributed by atoms with van der Waals surface area (Å²) in [6.07, 6.45) is 0. The normalized spacial score (nSPS) is 15.9. The van der Waals surface area contributed by atoms with Crippen molar-refractivity contribution in [1.82, 2.24) is 19.4 Å². The van der Waals surface area contributed by atoms with Gasteiger partial charge in [0.1, 0.15) is 9.04 Å². The van der Waals surface area contributed by atoms with Crippen LogP contribution in [0.4, 0.5) is 0 Å². The van der Waals surface area contributed by atoms with E-state index in [9.17, 15) is 13.2 Å². The summed E-state index contributed by atoms with van der Waals surface area (Å²) in [4.78, 5) is 14.9. The molecule has 0 saturated carbocycles. The van der Waals surface area contributed by atoms with Crippen LogP contribution in [0.5, 0.6) is 0 Å². The number of nitrogens with one attached hydrogen (secondary N) is 1. The summed E-state index contributed by atoms with van der Waals surface area (Å²) in [5.74, 6) is -0.174. The molecule has 4 heterocycles. The summed E-state index contributed by atoms with van der Waals surface area (Å²) in [5.41, 5.74) is 0.893. The number of fused-ring (bicyclic) bond motifs is 1. The third-order valence-corrected chi connectivity index (χ3v) is 9.20. The van der Waals surface area contributed by atoms with E-state index in [1.165, 1.54) is 27.0 Å². The van der Waals surface area contributed by atoms with E-state index in [-0.39, 0.29) is 12.5 Å². The van der Waals surface area contributed by atoms with Crippen LogP contribution >= 0.6 is 22.7 Å². The lowest BCUT2D eigenvalue weighted by molar-refractivity contribution is 0.0731. The molecule has 150 valence electrons. The lowest BCUT2D eigenvalue weighted by Gasteiger charge is -2.25. The molecule has 0 unspecified atom stereocenters. The molecule has 28 heavy (non-hydrogen) atoms. The van der Waals surface area contributed by atoms with E-state index in [2.05, 4.69) is 10.4 Å². The molecule has 0 aromatic carbocycles. The highest BCUT2D eigenvalue weighted by atomic mass is 32.2. The molecule has 0 spiro atoms. The number of carbonyl (C=O) groups excluding carboxylic acids is 1. The number of thiophene rings is 2. The fourth-order valence-corrected chi connectivity index (χ4v) is 6.98. The predicted octanol–water partition coefficient (Wildman–Crippen LogP) is 1.96. The van der Waals surface area contributed by atoms with E-state index in [0.29, 0.717) is 35.4 Å². The Morgan fingerprint density at radius 3 is 2.75 bits per heavy atom. The Labute approximate surface area is 170 Å². The maximum atomic E-state index is 12.7. The Bertz CT molecular complexity index is 1090. The van der Waals surface area contributed by atoms with Crippen LogP contribution in [0, 0.1) is 6.92 Å². The highest BCUT2D eigenvalue weighted by molar-refractivity contribution is 7.91. The van der Waals surface area contributed by atoms with Gasteiger partial charge in [0.15, 0.2) is 0 Å². The van der Waals surface area contributed by atoms with E-state index in [1.807, 2.05) is 20.0 Å². The van der Waals surface area contributed by atoms with Crippen molar-refractivity contribution in [2.45, 2.75) is 17.7 Å². The largest absolute Gasteiger partial charge is 0.379 e. The van der Waals surface area contributed by atoms with E-state index < -0.39 is 10.0 Å². The first-order chi connectivity index (χ1) is 13.4. The average Bonchev–Trinajstić information content (AvgIpc) is 3.39. The minimum atomic E-state index is -3.50. The molecule has 1 amide bonds. The summed E-state index contributed by atoms with van der Waals surface area (Å²) in [6, 6.07) is 5.20. The van der Waals surface area contributed by atoms with Crippen molar-refractivity contribution in [3.05, 3.63) is 33.6 Å². The zero-order valence-electron chi connectivity index (χ0n) is 15.5. The van der Waals surface area contributed by atoms with Crippen molar-refractivity contribution < 1.29 is 17.9 Å². The number of aryl methyl sites for hydroxylation is 2. The Morgan fingerprint density at radius 2 is 2.04 bits per heavy atom. The second-order valence-electron chi connectivity index (χ2n) is 6.46.